The minimum atomic E-state index is -0.434. The van der Waals surface area contributed by atoms with Crippen molar-refractivity contribution in [1.82, 2.24) is 14.9 Å². The van der Waals surface area contributed by atoms with Gasteiger partial charge in [-0.1, -0.05) is 0 Å². The van der Waals surface area contributed by atoms with E-state index in [-0.39, 0.29) is 23.8 Å². The van der Waals surface area contributed by atoms with Crippen molar-refractivity contribution < 1.29 is 13.9 Å². The number of amides is 1. The Bertz CT molecular complexity index is 537. The molecule has 0 saturated carbocycles. The van der Waals surface area contributed by atoms with E-state index in [0.29, 0.717) is 12.6 Å². The number of nitrogens with zero attached hydrogens (tertiary/aromatic N) is 4. The van der Waals surface area contributed by atoms with E-state index in [4.69, 9.17) is 4.74 Å². The normalized spacial score (nSPS) is 28.1. The Morgan fingerprint density at radius 3 is 2.82 bits per heavy atom. The van der Waals surface area contributed by atoms with Crippen molar-refractivity contribution in [3.63, 3.8) is 0 Å². The molecule has 120 valence electrons. The first-order valence-electron chi connectivity index (χ1n) is 7.60. The van der Waals surface area contributed by atoms with Crippen LogP contribution in [0.1, 0.15) is 12.8 Å². The molecule has 3 heterocycles. The molecule has 0 aliphatic carbocycles. The molecule has 6 nitrogen and oxygen atoms in total. The second-order valence-electron chi connectivity index (χ2n) is 6.23. The molecule has 22 heavy (non-hydrogen) atoms. The van der Waals surface area contributed by atoms with Crippen molar-refractivity contribution in [2.75, 3.05) is 38.7 Å². The van der Waals surface area contributed by atoms with E-state index in [2.05, 4.69) is 9.97 Å². The molecule has 2 aliphatic heterocycles. The third kappa shape index (κ3) is 3.04. The predicted molar refractivity (Wildman–Crippen MR) is 78.9 cm³/mol. The van der Waals surface area contributed by atoms with Gasteiger partial charge >= 0.3 is 0 Å². The van der Waals surface area contributed by atoms with Crippen LogP contribution in [0.2, 0.25) is 0 Å². The molecule has 0 spiro atoms. The maximum atomic E-state index is 12.9. The Labute approximate surface area is 129 Å². The SMILES string of the molecule is CN(C)C(=O)[C@H]1CO[C@H]2CCN(c3ncc(F)cn3)C[C@H]2C1. The van der Waals surface area contributed by atoms with Crippen LogP contribution in [0.15, 0.2) is 12.4 Å². The van der Waals surface area contributed by atoms with Crippen molar-refractivity contribution in [2.45, 2.75) is 18.9 Å². The molecule has 1 aromatic heterocycles. The molecule has 3 atom stereocenters. The lowest BCUT2D eigenvalue weighted by Gasteiger charge is -2.43. The number of fused-ring (bicyclic) bond motifs is 1. The minimum absolute atomic E-state index is 0.0784. The number of aromatic nitrogens is 2. The standard InChI is InChI=1S/C15H21FN4O2/c1-19(2)14(21)11-5-10-8-20(4-3-13(10)22-9-11)15-17-6-12(16)7-18-15/h6-7,10-11,13H,3-5,8-9H2,1-2H3/t10-,11-,13+/m1/s1. The van der Waals surface area contributed by atoms with E-state index in [0.717, 1.165) is 25.9 Å². The van der Waals surface area contributed by atoms with Gasteiger partial charge in [0.25, 0.3) is 0 Å². The molecule has 0 unspecified atom stereocenters. The van der Waals surface area contributed by atoms with Gasteiger partial charge in [-0.25, -0.2) is 14.4 Å². The average molecular weight is 308 g/mol. The first kappa shape index (κ1) is 15.1. The van der Waals surface area contributed by atoms with Crippen LogP contribution < -0.4 is 4.90 Å². The van der Waals surface area contributed by atoms with Gasteiger partial charge in [-0.2, -0.15) is 0 Å². The lowest BCUT2D eigenvalue weighted by Crippen LogP contribution is -2.50. The quantitative estimate of drug-likeness (QED) is 0.814. The van der Waals surface area contributed by atoms with Gasteiger partial charge in [0.1, 0.15) is 0 Å². The van der Waals surface area contributed by atoms with E-state index in [1.807, 2.05) is 4.90 Å². The van der Waals surface area contributed by atoms with Crippen LogP contribution in [0.25, 0.3) is 0 Å². The Hall–Kier alpha value is -1.76. The van der Waals surface area contributed by atoms with Gasteiger partial charge in [0, 0.05) is 33.1 Å². The zero-order chi connectivity index (χ0) is 15.7. The molecule has 0 radical (unpaired) electrons. The summed E-state index contributed by atoms with van der Waals surface area (Å²) in [5, 5.41) is 0. The summed E-state index contributed by atoms with van der Waals surface area (Å²) in [7, 11) is 3.54. The van der Waals surface area contributed by atoms with Gasteiger partial charge in [-0.15, -0.1) is 0 Å². The van der Waals surface area contributed by atoms with Gasteiger partial charge in [0.2, 0.25) is 11.9 Å². The lowest BCUT2D eigenvalue weighted by atomic mass is 9.83. The van der Waals surface area contributed by atoms with E-state index in [1.165, 1.54) is 12.4 Å². The molecule has 2 saturated heterocycles. The molecular formula is C15H21FN4O2. The molecule has 0 N–H and O–H groups in total. The highest BCUT2D eigenvalue weighted by atomic mass is 19.1. The second-order valence-corrected chi connectivity index (χ2v) is 6.23. The summed E-state index contributed by atoms with van der Waals surface area (Å²) in [5.41, 5.74) is 0. The molecule has 1 aromatic rings. The van der Waals surface area contributed by atoms with Crippen molar-refractivity contribution in [2.24, 2.45) is 11.8 Å². The first-order chi connectivity index (χ1) is 10.5. The van der Waals surface area contributed by atoms with E-state index < -0.39 is 5.82 Å². The maximum Gasteiger partial charge on any atom is 0.227 e. The van der Waals surface area contributed by atoms with E-state index in [1.54, 1.807) is 19.0 Å². The Morgan fingerprint density at radius 2 is 2.14 bits per heavy atom. The minimum Gasteiger partial charge on any atom is -0.377 e. The summed E-state index contributed by atoms with van der Waals surface area (Å²) >= 11 is 0. The number of halogens is 1. The zero-order valence-corrected chi connectivity index (χ0v) is 12.9. The van der Waals surface area contributed by atoms with Crippen LogP contribution in [-0.4, -0.2) is 60.7 Å². The third-order valence-corrected chi connectivity index (χ3v) is 4.44. The third-order valence-electron chi connectivity index (χ3n) is 4.44. The molecular weight excluding hydrogens is 287 g/mol. The van der Waals surface area contributed by atoms with Crippen molar-refractivity contribution in [3.8, 4) is 0 Å². The highest BCUT2D eigenvalue weighted by molar-refractivity contribution is 5.78. The van der Waals surface area contributed by atoms with E-state index in [9.17, 15) is 9.18 Å². The number of carbonyl (C=O) groups excluding carboxylic acids is 1. The highest BCUT2D eigenvalue weighted by Gasteiger charge is 2.39. The monoisotopic (exact) mass is 308 g/mol. The molecule has 3 rings (SSSR count). The lowest BCUT2D eigenvalue weighted by molar-refractivity contribution is -0.143. The molecule has 0 aromatic carbocycles. The van der Waals surface area contributed by atoms with Gasteiger partial charge in [-0.3, -0.25) is 4.79 Å². The fraction of sp³-hybridized carbons (Fsp3) is 0.667. The van der Waals surface area contributed by atoms with Crippen LogP contribution >= 0.6 is 0 Å². The number of hydrogen-bond acceptors (Lipinski definition) is 5. The number of anilines is 1. The maximum absolute atomic E-state index is 12.9. The number of ether oxygens (including phenoxy) is 1. The molecule has 2 fully saturated rings. The van der Waals surface area contributed by atoms with Gasteiger partial charge in [-0.05, 0) is 12.8 Å². The van der Waals surface area contributed by atoms with Gasteiger partial charge in [0.15, 0.2) is 5.82 Å². The smallest absolute Gasteiger partial charge is 0.227 e. The molecule has 0 bridgehead atoms. The Kier molecular flexibility index (Phi) is 4.24. The summed E-state index contributed by atoms with van der Waals surface area (Å²) in [4.78, 5) is 23.9. The average Bonchev–Trinajstić information content (AvgIpc) is 2.53. The first-order valence-corrected chi connectivity index (χ1v) is 7.60. The van der Waals surface area contributed by atoms with Crippen LogP contribution in [0.3, 0.4) is 0 Å². The number of hydrogen-bond donors (Lipinski definition) is 0. The number of piperidine rings is 1. The van der Waals surface area contributed by atoms with E-state index >= 15 is 0 Å². The van der Waals surface area contributed by atoms with Crippen molar-refractivity contribution >= 4 is 11.9 Å². The zero-order valence-electron chi connectivity index (χ0n) is 12.9. The largest absolute Gasteiger partial charge is 0.377 e. The van der Waals surface area contributed by atoms with Crippen LogP contribution in [0.4, 0.5) is 10.3 Å². The summed E-state index contributed by atoms with van der Waals surface area (Å²) in [5.74, 6) is 0.432. The summed E-state index contributed by atoms with van der Waals surface area (Å²) in [6, 6.07) is 0. The molecule has 1 amide bonds. The number of carbonyl (C=O) groups is 1. The summed E-state index contributed by atoms with van der Waals surface area (Å²) in [6.45, 7) is 2.04. The van der Waals surface area contributed by atoms with Gasteiger partial charge in [0.05, 0.1) is 31.0 Å². The molecule has 2 aliphatic rings. The summed E-state index contributed by atoms with van der Waals surface area (Å²) < 4.78 is 18.8. The highest BCUT2D eigenvalue weighted by Crippen LogP contribution is 2.32. The van der Waals surface area contributed by atoms with Crippen LogP contribution in [0, 0.1) is 17.7 Å². The Balaban J connectivity index is 1.67. The van der Waals surface area contributed by atoms with Crippen LogP contribution in [-0.2, 0) is 9.53 Å². The number of rotatable bonds is 2. The predicted octanol–water partition coefficient (Wildman–Crippen LogP) is 0.935. The topological polar surface area (TPSA) is 58.6 Å². The van der Waals surface area contributed by atoms with Crippen LogP contribution in [0.5, 0.6) is 0 Å². The fourth-order valence-corrected chi connectivity index (χ4v) is 3.32. The van der Waals surface area contributed by atoms with Crippen molar-refractivity contribution in [1.29, 1.82) is 0 Å². The Morgan fingerprint density at radius 1 is 1.41 bits per heavy atom. The summed E-state index contributed by atoms with van der Waals surface area (Å²) in [6.07, 6.45) is 4.27. The second kappa shape index (κ2) is 6.16. The van der Waals surface area contributed by atoms with Crippen molar-refractivity contribution in [3.05, 3.63) is 18.2 Å². The molecule has 7 heteroatoms. The fourth-order valence-electron chi connectivity index (χ4n) is 3.32. The van der Waals surface area contributed by atoms with Gasteiger partial charge < -0.3 is 14.5 Å².